The number of urea groups is 1. The number of hydrogen-bond acceptors (Lipinski definition) is 10. The van der Waals surface area contributed by atoms with E-state index in [0.717, 1.165) is 37.4 Å². The molecule has 1 aromatic carbocycles. The second-order valence-corrected chi connectivity index (χ2v) is 15.7. The van der Waals surface area contributed by atoms with Crippen molar-refractivity contribution in [1.29, 1.82) is 0 Å². The van der Waals surface area contributed by atoms with Gasteiger partial charge in [-0.25, -0.2) is 14.8 Å². The number of aldehydes is 1. The fourth-order valence-corrected chi connectivity index (χ4v) is 6.84. The third kappa shape index (κ3) is 7.85. The lowest BCUT2D eigenvalue weighted by Crippen LogP contribution is -2.63. The topological polar surface area (TPSA) is 165 Å². The number of carbonyl (C=O) groups is 3. The molecule has 0 spiro atoms. The summed E-state index contributed by atoms with van der Waals surface area (Å²) in [7, 11) is 1.70. The number of carbonyl (C=O) groups excluding carboxylic acids is 3. The van der Waals surface area contributed by atoms with Crippen molar-refractivity contribution in [1.82, 2.24) is 40.1 Å². The molecule has 14 heteroatoms. The Kier molecular flexibility index (Phi) is 10.9. The van der Waals surface area contributed by atoms with Crippen LogP contribution in [0.3, 0.4) is 0 Å². The van der Waals surface area contributed by atoms with E-state index in [1.807, 2.05) is 61.7 Å². The first-order chi connectivity index (χ1) is 25.7. The minimum Gasteiger partial charge on any atom is -0.480 e. The number of methoxy groups -OCH3 is 1. The molecule has 286 valence electrons. The number of nitrogens with zero attached hydrogens (tertiary/aromatic N) is 6. The standard InChI is InChI=1S/C40H51N9O5/c1-9-25(10-2)35-47-46-33-16-15-26(22-49(33)35)54-30-17-18-40(24-50,29-14-12-11-13-28(29)30)45-37(52)44-32-19-31(38(3,4)5)42-34(43-32)36(51)41-23-39(6,7)48-20-27(21-48)53-8/h11-19,22,24-25,27,30H,9-10,20-21,23H2,1-8H3,(H,41,51)(H2,42,43,44,45,52)/t30-,40-/m1/s1. The third-order valence-corrected chi connectivity index (χ3v) is 10.4. The maximum absolute atomic E-state index is 13.7. The second kappa shape index (κ2) is 15.3. The zero-order valence-electron chi connectivity index (χ0n) is 32.3. The van der Waals surface area contributed by atoms with Gasteiger partial charge in [-0.2, -0.15) is 0 Å². The zero-order chi connectivity index (χ0) is 38.8. The summed E-state index contributed by atoms with van der Waals surface area (Å²) in [5, 5.41) is 17.3. The van der Waals surface area contributed by atoms with E-state index in [0.29, 0.717) is 35.4 Å². The van der Waals surface area contributed by atoms with Crippen LogP contribution < -0.4 is 20.7 Å². The molecule has 3 aromatic heterocycles. The molecule has 3 N–H and O–H groups in total. The molecule has 1 fully saturated rings. The lowest BCUT2D eigenvalue weighted by Gasteiger charge is -2.48. The number of rotatable bonds is 13. The molecule has 4 aromatic rings. The lowest BCUT2D eigenvalue weighted by molar-refractivity contribution is -0.111. The fraction of sp³-hybridized carbons (Fsp3) is 0.475. The highest BCUT2D eigenvalue weighted by Crippen LogP contribution is 2.37. The van der Waals surface area contributed by atoms with Crippen LogP contribution in [0.15, 0.2) is 60.8 Å². The smallest absolute Gasteiger partial charge is 0.321 e. The number of aromatic nitrogens is 5. The van der Waals surface area contributed by atoms with Crippen LogP contribution in [-0.4, -0.2) is 86.1 Å². The van der Waals surface area contributed by atoms with Crippen LogP contribution in [0.4, 0.5) is 10.6 Å². The number of pyridine rings is 1. The quantitative estimate of drug-likeness (QED) is 0.119. The molecule has 14 nitrogen and oxygen atoms in total. The molecule has 2 atom stereocenters. The summed E-state index contributed by atoms with van der Waals surface area (Å²) in [6, 6.07) is 12.0. The first-order valence-electron chi connectivity index (χ1n) is 18.5. The predicted molar refractivity (Wildman–Crippen MR) is 205 cm³/mol. The van der Waals surface area contributed by atoms with Crippen molar-refractivity contribution in [2.24, 2.45) is 0 Å². The highest BCUT2D eigenvalue weighted by Gasteiger charge is 2.39. The Balaban J connectivity index is 1.20. The Morgan fingerprint density at radius 3 is 2.46 bits per heavy atom. The van der Waals surface area contributed by atoms with Gasteiger partial charge in [0.05, 0.1) is 18.0 Å². The van der Waals surface area contributed by atoms with Gasteiger partial charge in [0, 0.05) is 55.2 Å². The van der Waals surface area contributed by atoms with E-state index < -0.39 is 29.0 Å². The van der Waals surface area contributed by atoms with Crippen molar-refractivity contribution < 1.29 is 23.9 Å². The van der Waals surface area contributed by atoms with Crippen LogP contribution in [0.5, 0.6) is 5.75 Å². The fourth-order valence-electron chi connectivity index (χ4n) is 6.84. The number of ether oxygens (including phenoxy) is 2. The summed E-state index contributed by atoms with van der Waals surface area (Å²) in [6.45, 7) is 16.2. The molecule has 0 radical (unpaired) electrons. The molecular formula is C40H51N9O5. The number of benzene rings is 1. The Labute approximate surface area is 316 Å². The van der Waals surface area contributed by atoms with Crippen molar-refractivity contribution in [3.8, 4) is 5.75 Å². The van der Waals surface area contributed by atoms with Gasteiger partial charge in [0.25, 0.3) is 5.91 Å². The van der Waals surface area contributed by atoms with E-state index in [1.54, 1.807) is 31.4 Å². The molecule has 54 heavy (non-hydrogen) atoms. The van der Waals surface area contributed by atoms with Crippen molar-refractivity contribution in [2.75, 3.05) is 32.1 Å². The van der Waals surface area contributed by atoms with Gasteiger partial charge in [0.2, 0.25) is 5.82 Å². The van der Waals surface area contributed by atoms with Gasteiger partial charge in [-0.15, -0.1) is 10.2 Å². The lowest BCUT2D eigenvalue weighted by atomic mass is 9.81. The van der Waals surface area contributed by atoms with Crippen molar-refractivity contribution in [3.05, 3.63) is 89.3 Å². The van der Waals surface area contributed by atoms with Gasteiger partial charge < -0.3 is 20.1 Å². The number of likely N-dealkylation sites (tertiary alicyclic amines) is 1. The Morgan fingerprint density at radius 2 is 1.78 bits per heavy atom. The number of hydrogen-bond donors (Lipinski definition) is 3. The molecule has 0 bridgehead atoms. The van der Waals surface area contributed by atoms with Crippen LogP contribution in [-0.2, 0) is 20.5 Å². The van der Waals surface area contributed by atoms with Gasteiger partial charge in [-0.05, 0) is 56.5 Å². The first-order valence-corrected chi connectivity index (χ1v) is 18.5. The largest absolute Gasteiger partial charge is 0.480 e. The maximum atomic E-state index is 13.7. The third-order valence-electron chi connectivity index (χ3n) is 10.4. The van der Waals surface area contributed by atoms with Gasteiger partial charge >= 0.3 is 6.03 Å². The van der Waals surface area contributed by atoms with Crippen LogP contribution in [0.2, 0.25) is 0 Å². The van der Waals surface area contributed by atoms with E-state index in [9.17, 15) is 14.4 Å². The zero-order valence-corrected chi connectivity index (χ0v) is 32.3. The number of amides is 3. The van der Waals surface area contributed by atoms with E-state index >= 15 is 0 Å². The van der Waals surface area contributed by atoms with Crippen molar-refractivity contribution in [2.45, 2.75) is 95.9 Å². The highest BCUT2D eigenvalue weighted by atomic mass is 16.5. The summed E-state index contributed by atoms with van der Waals surface area (Å²) in [4.78, 5) is 51.2. The summed E-state index contributed by atoms with van der Waals surface area (Å²) in [5.74, 6) is 1.33. The molecule has 0 saturated carbocycles. The van der Waals surface area contributed by atoms with E-state index in [4.69, 9.17) is 9.47 Å². The van der Waals surface area contributed by atoms with Crippen LogP contribution >= 0.6 is 0 Å². The second-order valence-electron chi connectivity index (χ2n) is 15.7. The van der Waals surface area contributed by atoms with E-state index in [1.165, 1.54) is 0 Å². The molecular weight excluding hydrogens is 686 g/mol. The molecule has 1 aliphatic carbocycles. The van der Waals surface area contributed by atoms with Crippen molar-refractivity contribution in [3.63, 3.8) is 0 Å². The number of fused-ring (bicyclic) bond motifs is 2. The average Bonchev–Trinajstić information content (AvgIpc) is 3.54. The SMILES string of the molecule is CCC(CC)c1nnc2ccc(O[C@@H]3C=C[C@](C=O)(NC(=O)Nc4cc(C(C)(C)C)nc(C(=O)NCC(C)(C)N5CC(OC)C5)n4)c4ccccc43)cn12. The normalized spacial score (nSPS) is 18.9. The Morgan fingerprint density at radius 1 is 1.04 bits per heavy atom. The van der Waals surface area contributed by atoms with Gasteiger partial charge in [0.15, 0.2) is 11.9 Å². The minimum atomic E-state index is -1.51. The Bertz CT molecular complexity index is 2040. The summed E-state index contributed by atoms with van der Waals surface area (Å²) in [5.41, 5.74) is 0.286. The van der Waals surface area contributed by atoms with Crippen LogP contribution in [0.1, 0.15) is 107 Å². The van der Waals surface area contributed by atoms with E-state index in [-0.39, 0.29) is 29.2 Å². The molecule has 0 unspecified atom stereocenters. The van der Waals surface area contributed by atoms with Crippen LogP contribution in [0.25, 0.3) is 5.65 Å². The molecule has 1 saturated heterocycles. The summed E-state index contributed by atoms with van der Waals surface area (Å²) in [6.07, 6.45) is 7.49. The van der Waals surface area contributed by atoms with Gasteiger partial charge in [0.1, 0.15) is 29.0 Å². The summed E-state index contributed by atoms with van der Waals surface area (Å²) >= 11 is 0. The summed E-state index contributed by atoms with van der Waals surface area (Å²) < 4.78 is 13.9. The predicted octanol–water partition coefficient (Wildman–Crippen LogP) is 5.47. The van der Waals surface area contributed by atoms with Gasteiger partial charge in [-0.3, -0.25) is 24.2 Å². The Hall–Kier alpha value is -5.21. The van der Waals surface area contributed by atoms with Crippen LogP contribution in [0, 0.1) is 0 Å². The molecule has 6 rings (SSSR count). The maximum Gasteiger partial charge on any atom is 0.321 e. The molecule has 1 aliphatic heterocycles. The highest BCUT2D eigenvalue weighted by molar-refractivity contribution is 5.94. The molecule has 2 aliphatic rings. The molecule has 3 amide bonds. The molecule has 4 heterocycles. The average molecular weight is 738 g/mol. The minimum absolute atomic E-state index is 0.0726. The van der Waals surface area contributed by atoms with Gasteiger partial charge in [-0.1, -0.05) is 58.9 Å². The monoisotopic (exact) mass is 737 g/mol. The van der Waals surface area contributed by atoms with E-state index in [2.05, 4.69) is 68.7 Å². The van der Waals surface area contributed by atoms with Crippen molar-refractivity contribution >= 4 is 29.7 Å². The first kappa shape index (κ1) is 38.5. The number of anilines is 1. The number of nitrogens with one attached hydrogen (secondary N) is 3.